The molecule has 0 aromatic heterocycles. The van der Waals surface area contributed by atoms with Crippen molar-refractivity contribution in [2.75, 3.05) is 38.5 Å². The van der Waals surface area contributed by atoms with Crippen molar-refractivity contribution in [1.82, 2.24) is 9.21 Å². The van der Waals surface area contributed by atoms with Gasteiger partial charge >= 0.3 is 0 Å². The number of nitrogens with zero attached hydrogens (tertiary/aromatic N) is 2. The summed E-state index contributed by atoms with van der Waals surface area (Å²) in [4.78, 5) is 2.36. The quantitative estimate of drug-likeness (QED) is 0.737. The Hall–Kier alpha value is -0.170. The highest BCUT2D eigenvalue weighted by atomic mass is 32.2. The second kappa shape index (κ2) is 6.68. The van der Waals surface area contributed by atoms with Crippen molar-refractivity contribution >= 4 is 10.0 Å². The van der Waals surface area contributed by atoms with E-state index in [1.807, 2.05) is 0 Å². The van der Waals surface area contributed by atoms with E-state index in [1.54, 1.807) is 4.31 Å². The molecule has 1 saturated heterocycles. The molecular formula is C11H25N3O2S. The summed E-state index contributed by atoms with van der Waals surface area (Å²) in [5, 5.41) is 0. The molecule has 0 aromatic carbocycles. The van der Waals surface area contributed by atoms with Crippen LogP contribution >= 0.6 is 0 Å². The third kappa shape index (κ3) is 4.21. The maximum Gasteiger partial charge on any atom is 0.214 e. The Bertz CT molecular complexity index is 311. The molecule has 102 valence electrons. The fourth-order valence-electron chi connectivity index (χ4n) is 2.08. The highest BCUT2D eigenvalue weighted by Crippen LogP contribution is 2.12. The summed E-state index contributed by atoms with van der Waals surface area (Å²) in [6.07, 6.45) is 1.66. The Kier molecular flexibility index (Phi) is 5.85. The van der Waals surface area contributed by atoms with Gasteiger partial charge in [0, 0.05) is 32.2 Å². The third-order valence-corrected chi connectivity index (χ3v) is 5.44. The summed E-state index contributed by atoms with van der Waals surface area (Å²) in [6.45, 7) is 7.72. The number of sulfonamides is 1. The highest BCUT2D eigenvalue weighted by molar-refractivity contribution is 7.89. The first-order valence-corrected chi connectivity index (χ1v) is 8.04. The zero-order chi connectivity index (χ0) is 12.9. The van der Waals surface area contributed by atoms with Crippen molar-refractivity contribution in [3.8, 4) is 0 Å². The van der Waals surface area contributed by atoms with Crippen molar-refractivity contribution in [1.29, 1.82) is 0 Å². The van der Waals surface area contributed by atoms with E-state index in [4.69, 9.17) is 5.73 Å². The number of hydrogen-bond donors (Lipinski definition) is 1. The van der Waals surface area contributed by atoms with Gasteiger partial charge in [0.25, 0.3) is 0 Å². The Morgan fingerprint density at radius 3 is 2.29 bits per heavy atom. The van der Waals surface area contributed by atoms with E-state index < -0.39 is 10.0 Å². The van der Waals surface area contributed by atoms with Crippen molar-refractivity contribution in [3.05, 3.63) is 0 Å². The second-order valence-corrected chi connectivity index (χ2v) is 6.74. The molecule has 1 atom stereocenters. The molecule has 0 amide bonds. The topological polar surface area (TPSA) is 66.6 Å². The summed E-state index contributed by atoms with van der Waals surface area (Å²) in [6, 6.07) is 0.545. The molecule has 0 spiro atoms. The zero-order valence-corrected chi connectivity index (χ0v) is 11.7. The van der Waals surface area contributed by atoms with Crippen LogP contribution in [0.1, 0.15) is 26.7 Å². The Labute approximate surface area is 105 Å². The minimum absolute atomic E-state index is 0.187. The normalized spacial score (nSPS) is 21.6. The van der Waals surface area contributed by atoms with Crippen LogP contribution in [0.2, 0.25) is 0 Å². The molecule has 2 N–H and O–H groups in total. The van der Waals surface area contributed by atoms with Crippen LogP contribution in [0.3, 0.4) is 0 Å². The van der Waals surface area contributed by atoms with Crippen molar-refractivity contribution in [2.24, 2.45) is 5.73 Å². The fourth-order valence-corrected chi connectivity index (χ4v) is 3.58. The van der Waals surface area contributed by atoms with Gasteiger partial charge in [-0.1, -0.05) is 6.92 Å². The Balaban J connectivity index is 2.46. The summed E-state index contributed by atoms with van der Waals surface area (Å²) >= 11 is 0. The van der Waals surface area contributed by atoms with Crippen LogP contribution < -0.4 is 5.73 Å². The highest BCUT2D eigenvalue weighted by Gasteiger charge is 2.27. The van der Waals surface area contributed by atoms with E-state index in [9.17, 15) is 8.42 Å². The van der Waals surface area contributed by atoms with Gasteiger partial charge in [-0.25, -0.2) is 8.42 Å². The monoisotopic (exact) mass is 263 g/mol. The van der Waals surface area contributed by atoms with Gasteiger partial charge in [0.15, 0.2) is 0 Å². The van der Waals surface area contributed by atoms with Crippen LogP contribution in [-0.2, 0) is 10.0 Å². The second-order valence-electron chi connectivity index (χ2n) is 4.65. The molecule has 1 unspecified atom stereocenters. The van der Waals surface area contributed by atoms with Gasteiger partial charge in [0.1, 0.15) is 0 Å². The van der Waals surface area contributed by atoms with Crippen LogP contribution in [0.4, 0.5) is 0 Å². The van der Waals surface area contributed by atoms with Gasteiger partial charge in [-0.05, 0) is 26.3 Å². The molecule has 1 heterocycles. The molecule has 1 aliphatic heterocycles. The third-order valence-electron chi connectivity index (χ3n) is 3.49. The average molecular weight is 263 g/mol. The largest absolute Gasteiger partial charge is 0.330 e. The lowest BCUT2D eigenvalue weighted by Gasteiger charge is -2.37. The SMILES string of the molecule is CCC(C)N1CCN(S(=O)(=O)CCCN)CC1. The van der Waals surface area contributed by atoms with Gasteiger partial charge in [0.2, 0.25) is 10.0 Å². The lowest BCUT2D eigenvalue weighted by Crippen LogP contribution is -2.51. The predicted octanol–water partition coefficient (Wildman–Crippen LogP) is 0.0811. The average Bonchev–Trinajstić information content (AvgIpc) is 2.35. The zero-order valence-electron chi connectivity index (χ0n) is 10.9. The van der Waals surface area contributed by atoms with E-state index >= 15 is 0 Å². The van der Waals surface area contributed by atoms with Crippen LogP contribution in [-0.4, -0.2) is 62.1 Å². The summed E-state index contributed by atoms with van der Waals surface area (Å²) in [7, 11) is -3.07. The van der Waals surface area contributed by atoms with Crippen molar-refractivity contribution in [3.63, 3.8) is 0 Å². The van der Waals surface area contributed by atoms with Gasteiger partial charge in [0.05, 0.1) is 5.75 Å². The summed E-state index contributed by atoms with van der Waals surface area (Å²) < 4.78 is 25.5. The first kappa shape index (κ1) is 14.9. The molecule has 1 rings (SSSR count). The maximum atomic E-state index is 11.9. The predicted molar refractivity (Wildman–Crippen MR) is 70.4 cm³/mol. The molecule has 1 fully saturated rings. The van der Waals surface area contributed by atoms with E-state index in [0.717, 1.165) is 19.5 Å². The molecule has 0 aromatic rings. The van der Waals surface area contributed by atoms with E-state index in [-0.39, 0.29) is 5.75 Å². The molecule has 5 nitrogen and oxygen atoms in total. The van der Waals surface area contributed by atoms with Gasteiger partial charge < -0.3 is 5.73 Å². The van der Waals surface area contributed by atoms with E-state index in [2.05, 4.69) is 18.7 Å². The lowest BCUT2D eigenvalue weighted by molar-refractivity contribution is 0.142. The molecule has 1 aliphatic rings. The summed E-state index contributed by atoms with van der Waals surface area (Å²) in [5.74, 6) is 0.187. The van der Waals surface area contributed by atoms with Crippen LogP contribution in [0.25, 0.3) is 0 Å². The molecule has 0 bridgehead atoms. The van der Waals surface area contributed by atoms with E-state index in [1.165, 1.54) is 0 Å². The molecular weight excluding hydrogens is 238 g/mol. The minimum atomic E-state index is -3.07. The van der Waals surface area contributed by atoms with Crippen LogP contribution in [0, 0.1) is 0 Å². The molecule has 0 aliphatic carbocycles. The Morgan fingerprint density at radius 1 is 1.24 bits per heavy atom. The standard InChI is InChI=1S/C11H25N3O2S/c1-3-11(2)13-6-8-14(9-7-13)17(15,16)10-4-5-12/h11H,3-10,12H2,1-2H3. The fraction of sp³-hybridized carbons (Fsp3) is 1.00. The Morgan fingerprint density at radius 2 is 1.82 bits per heavy atom. The molecule has 0 saturated carbocycles. The molecule has 17 heavy (non-hydrogen) atoms. The lowest BCUT2D eigenvalue weighted by atomic mass is 10.2. The number of nitrogens with two attached hydrogens (primary N) is 1. The van der Waals surface area contributed by atoms with Crippen LogP contribution in [0.15, 0.2) is 0 Å². The summed E-state index contributed by atoms with van der Waals surface area (Å²) in [5.41, 5.74) is 5.35. The van der Waals surface area contributed by atoms with E-state index in [0.29, 0.717) is 32.1 Å². The van der Waals surface area contributed by atoms with Gasteiger partial charge in [-0.15, -0.1) is 0 Å². The first-order valence-electron chi connectivity index (χ1n) is 6.43. The van der Waals surface area contributed by atoms with Crippen molar-refractivity contribution < 1.29 is 8.42 Å². The van der Waals surface area contributed by atoms with Gasteiger partial charge in [-0.3, -0.25) is 4.90 Å². The van der Waals surface area contributed by atoms with Crippen molar-refractivity contribution in [2.45, 2.75) is 32.7 Å². The van der Waals surface area contributed by atoms with Crippen LogP contribution in [0.5, 0.6) is 0 Å². The smallest absolute Gasteiger partial charge is 0.214 e. The van der Waals surface area contributed by atoms with Gasteiger partial charge in [-0.2, -0.15) is 4.31 Å². The number of piperazine rings is 1. The first-order chi connectivity index (χ1) is 8.01. The molecule has 6 heteroatoms. The maximum absolute atomic E-state index is 11.9. The molecule has 0 radical (unpaired) electrons. The number of rotatable bonds is 6. The number of hydrogen-bond acceptors (Lipinski definition) is 4. The minimum Gasteiger partial charge on any atom is -0.330 e.